The molecule has 0 aromatic rings. The summed E-state index contributed by atoms with van der Waals surface area (Å²) in [6.45, 7) is 0. The largest absolute Gasteiger partial charge is 0.481 e. The van der Waals surface area contributed by atoms with Crippen LogP contribution in [0.5, 0.6) is 0 Å². The molecule has 2 heteroatoms. The Hall–Kier alpha value is -0.530. The van der Waals surface area contributed by atoms with Gasteiger partial charge in [0.2, 0.25) is 0 Å². The standard InChI is InChI=1S/C9H14O2/c10-9(11)8-5-6-1-3-7(8)4-2-6/h6-8H,1-5H2,(H,10,11)/t6?,7?,8-/m0/s1. The van der Waals surface area contributed by atoms with Crippen molar-refractivity contribution in [1.29, 1.82) is 0 Å². The van der Waals surface area contributed by atoms with Crippen molar-refractivity contribution in [2.24, 2.45) is 17.8 Å². The Morgan fingerprint density at radius 2 is 1.82 bits per heavy atom. The molecule has 0 saturated heterocycles. The van der Waals surface area contributed by atoms with Gasteiger partial charge in [-0.25, -0.2) is 0 Å². The van der Waals surface area contributed by atoms with Gasteiger partial charge in [0.25, 0.3) is 0 Å². The number of rotatable bonds is 1. The van der Waals surface area contributed by atoms with Crippen molar-refractivity contribution in [2.45, 2.75) is 32.1 Å². The van der Waals surface area contributed by atoms with E-state index < -0.39 is 5.97 Å². The van der Waals surface area contributed by atoms with Gasteiger partial charge >= 0.3 is 5.97 Å². The zero-order chi connectivity index (χ0) is 7.84. The third-order valence-electron chi connectivity index (χ3n) is 3.36. The highest BCUT2D eigenvalue weighted by Crippen LogP contribution is 2.44. The van der Waals surface area contributed by atoms with Gasteiger partial charge in [0.1, 0.15) is 0 Å². The number of hydrogen-bond acceptors (Lipinski definition) is 1. The number of aliphatic carboxylic acids is 1. The molecule has 62 valence electrons. The van der Waals surface area contributed by atoms with Gasteiger partial charge in [0.05, 0.1) is 5.92 Å². The van der Waals surface area contributed by atoms with Crippen LogP contribution >= 0.6 is 0 Å². The van der Waals surface area contributed by atoms with E-state index in [1.807, 2.05) is 0 Å². The van der Waals surface area contributed by atoms with Crippen molar-refractivity contribution >= 4 is 5.97 Å². The van der Waals surface area contributed by atoms with Crippen LogP contribution in [-0.4, -0.2) is 11.1 Å². The fourth-order valence-electron chi connectivity index (χ4n) is 2.68. The predicted octanol–water partition coefficient (Wildman–Crippen LogP) is 1.90. The number of carboxylic acid groups (broad SMARTS) is 1. The monoisotopic (exact) mass is 154 g/mol. The van der Waals surface area contributed by atoms with Gasteiger partial charge in [-0.2, -0.15) is 0 Å². The molecule has 3 aliphatic rings. The molecule has 1 atom stereocenters. The molecular formula is C9H14O2. The fraction of sp³-hybridized carbons (Fsp3) is 0.889. The minimum absolute atomic E-state index is 0.00231. The number of hydrogen-bond donors (Lipinski definition) is 1. The van der Waals surface area contributed by atoms with Gasteiger partial charge in [-0.1, -0.05) is 12.8 Å². The van der Waals surface area contributed by atoms with Gasteiger partial charge in [-0.3, -0.25) is 4.79 Å². The summed E-state index contributed by atoms with van der Waals surface area (Å²) in [7, 11) is 0. The van der Waals surface area contributed by atoms with E-state index in [9.17, 15) is 4.79 Å². The molecule has 2 bridgehead atoms. The van der Waals surface area contributed by atoms with Crippen molar-refractivity contribution < 1.29 is 9.90 Å². The molecular weight excluding hydrogens is 140 g/mol. The van der Waals surface area contributed by atoms with Crippen LogP contribution in [0.15, 0.2) is 0 Å². The van der Waals surface area contributed by atoms with Gasteiger partial charge in [-0.15, -0.1) is 0 Å². The highest BCUT2D eigenvalue weighted by Gasteiger charge is 2.39. The Kier molecular flexibility index (Phi) is 1.63. The number of carboxylic acids is 1. The van der Waals surface area contributed by atoms with E-state index in [4.69, 9.17) is 5.11 Å². The summed E-state index contributed by atoms with van der Waals surface area (Å²) in [6, 6.07) is 0. The molecule has 11 heavy (non-hydrogen) atoms. The van der Waals surface area contributed by atoms with Crippen LogP contribution in [0.1, 0.15) is 32.1 Å². The summed E-state index contributed by atoms with van der Waals surface area (Å²) in [6.07, 6.45) is 5.87. The Morgan fingerprint density at radius 3 is 2.09 bits per heavy atom. The highest BCUT2D eigenvalue weighted by molar-refractivity contribution is 5.70. The average Bonchev–Trinajstić information content (AvgIpc) is 2.06. The first kappa shape index (κ1) is 7.14. The van der Waals surface area contributed by atoms with Crippen molar-refractivity contribution in [3.63, 3.8) is 0 Å². The summed E-state index contributed by atoms with van der Waals surface area (Å²) < 4.78 is 0. The van der Waals surface area contributed by atoms with Crippen LogP contribution in [0, 0.1) is 17.8 Å². The second kappa shape index (κ2) is 2.50. The van der Waals surface area contributed by atoms with Crippen LogP contribution < -0.4 is 0 Å². The smallest absolute Gasteiger partial charge is 0.306 e. The molecule has 0 heterocycles. The van der Waals surface area contributed by atoms with E-state index in [0.29, 0.717) is 5.92 Å². The maximum Gasteiger partial charge on any atom is 0.306 e. The summed E-state index contributed by atoms with van der Waals surface area (Å²) >= 11 is 0. The average molecular weight is 154 g/mol. The molecule has 0 unspecified atom stereocenters. The molecule has 0 aromatic carbocycles. The lowest BCUT2D eigenvalue weighted by molar-refractivity contribution is -0.147. The van der Waals surface area contributed by atoms with E-state index >= 15 is 0 Å². The number of fused-ring (bicyclic) bond motifs is 3. The van der Waals surface area contributed by atoms with E-state index in [-0.39, 0.29) is 5.92 Å². The quantitative estimate of drug-likeness (QED) is 0.626. The summed E-state index contributed by atoms with van der Waals surface area (Å²) in [5.74, 6) is 0.695. The van der Waals surface area contributed by atoms with Gasteiger partial charge in [0.15, 0.2) is 0 Å². The summed E-state index contributed by atoms with van der Waals surface area (Å²) in [5.41, 5.74) is 0. The van der Waals surface area contributed by atoms with E-state index in [0.717, 1.165) is 12.3 Å². The maximum absolute atomic E-state index is 10.7. The van der Waals surface area contributed by atoms with Gasteiger partial charge in [0, 0.05) is 0 Å². The van der Waals surface area contributed by atoms with Gasteiger partial charge in [-0.05, 0) is 31.1 Å². The summed E-state index contributed by atoms with van der Waals surface area (Å²) in [4.78, 5) is 10.7. The Morgan fingerprint density at radius 1 is 1.18 bits per heavy atom. The Balaban J connectivity index is 2.08. The van der Waals surface area contributed by atoms with Crippen molar-refractivity contribution in [2.75, 3.05) is 0 Å². The van der Waals surface area contributed by atoms with Crippen molar-refractivity contribution in [3.8, 4) is 0 Å². The normalized spacial score (nSPS) is 42.4. The second-order valence-corrected chi connectivity index (χ2v) is 3.96. The minimum Gasteiger partial charge on any atom is -0.481 e. The lowest BCUT2D eigenvalue weighted by atomic mass is 9.65. The molecule has 1 N–H and O–H groups in total. The van der Waals surface area contributed by atoms with Crippen LogP contribution in [-0.2, 0) is 4.79 Å². The Bertz CT molecular complexity index is 168. The first-order valence-corrected chi connectivity index (χ1v) is 4.50. The highest BCUT2D eigenvalue weighted by atomic mass is 16.4. The first-order valence-electron chi connectivity index (χ1n) is 4.50. The first-order chi connectivity index (χ1) is 5.27. The maximum atomic E-state index is 10.7. The lowest BCUT2D eigenvalue weighted by Crippen LogP contribution is -2.35. The Labute approximate surface area is 66.6 Å². The van der Waals surface area contributed by atoms with Crippen LogP contribution in [0.25, 0.3) is 0 Å². The molecule has 0 aliphatic heterocycles. The third-order valence-corrected chi connectivity index (χ3v) is 3.36. The molecule has 3 rings (SSSR count). The molecule has 3 aliphatic carbocycles. The molecule has 0 radical (unpaired) electrons. The van der Waals surface area contributed by atoms with E-state index in [1.165, 1.54) is 25.7 Å². The molecule has 0 aromatic heterocycles. The van der Waals surface area contributed by atoms with Gasteiger partial charge < -0.3 is 5.11 Å². The topological polar surface area (TPSA) is 37.3 Å². The van der Waals surface area contributed by atoms with Crippen LogP contribution in [0.2, 0.25) is 0 Å². The lowest BCUT2D eigenvalue weighted by Gasteiger charge is -2.40. The third kappa shape index (κ3) is 1.15. The van der Waals surface area contributed by atoms with Crippen LogP contribution in [0.4, 0.5) is 0 Å². The predicted molar refractivity (Wildman–Crippen MR) is 41.2 cm³/mol. The summed E-state index contributed by atoms with van der Waals surface area (Å²) in [5, 5.41) is 8.86. The molecule has 0 spiro atoms. The van der Waals surface area contributed by atoms with Crippen molar-refractivity contribution in [1.82, 2.24) is 0 Å². The molecule has 3 saturated carbocycles. The zero-order valence-electron chi connectivity index (χ0n) is 6.62. The second-order valence-electron chi connectivity index (χ2n) is 3.96. The van der Waals surface area contributed by atoms with E-state index in [2.05, 4.69) is 0 Å². The molecule has 3 fully saturated rings. The fourth-order valence-corrected chi connectivity index (χ4v) is 2.68. The van der Waals surface area contributed by atoms with Crippen molar-refractivity contribution in [3.05, 3.63) is 0 Å². The SMILES string of the molecule is O=C(O)[C@H]1CC2CCC1CC2. The number of carbonyl (C=O) groups is 1. The zero-order valence-corrected chi connectivity index (χ0v) is 6.62. The molecule has 0 amide bonds. The van der Waals surface area contributed by atoms with E-state index in [1.54, 1.807) is 0 Å². The minimum atomic E-state index is -0.556. The molecule has 2 nitrogen and oxygen atoms in total. The van der Waals surface area contributed by atoms with Crippen LogP contribution in [0.3, 0.4) is 0 Å².